The van der Waals surface area contributed by atoms with Gasteiger partial charge in [0.25, 0.3) is 11.8 Å². The van der Waals surface area contributed by atoms with Crippen LogP contribution in [0.25, 0.3) is 0 Å². The van der Waals surface area contributed by atoms with Crippen molar-refractivity contribution in [3.8, 4) is 5.75 Å². The fourth-order valence-electron chi connectivity index (χ4n) is 2.79. The summed E-state index contributed by atoms with van der Waals surface area (Å²) in [7, 11) is 0. The SMILES string of the molecule is O=C1NC(=O)C2(CCN(C(=O)COc3ccc(F)cc3)CC2)N1. The van der Waals surface area contributed by atoms with Crippen molar-refractivity contribution in [3.63, 3.8) is 0 Å². The Morgan fingerprint density at radius 2 is 1.87 bits per heavy atom. The van der Waals surface area contributed by atoms with E-state index in [1.165, 1.54) is 24.3 Å². The monoisotopic (exact) mass is 321 g/mol. The van der Waals surface area contributed by atoms with Crippen LogP contribution in [0.1, 0.15) is 12.8 Å². The van der Waals surface area contributed by atoms with Crippen LogP contribution in [-0.4, -0.2) is 48.0 Å². The van der Waals surface area contributed by atoms with Crippen LogP contribution in [-0.2, 0) is 9.59 Å². The number of halogens is 1. The zero-order valence-electron chi connectivity index (χ0n) is 12.3. The number of hydrogen-bond acceptors (Lipinski definition) is 4. The molecule has 7 nitrogen and oxygen atoms in total. The van der Waals surface area contributed by atoms with Gasteiger partial charge >= 0.3 is 6.03 Å². The molecular weight excluding hydrogens is 305 g/mol. The van der Waals surface area contributed by atoms with Crippen molar-refractivity contribution >= 4 is 17.8 Å². The van der Waals surface area contributed by atoms with E-state index in [-0.39, 0.29) is 24.2 Å². The van der Waals surface area contributed by atoms with Crippen molar-refractivity contribution in [2.75, 3.05) is 19.7 Å². The van der Waals surface area contributed by atoms with Crippen molar-refractivity contribution in [1.29, 1.82) is 0 Å². The molecule has 23 heavy (non-hydrogen) atoms. The molecule has 2 heterocycles. The van der Waals surface area contributed by atoms with Gasteiger partial charge < -0.3 is 15.0 Å². The first-order chi connectivity index (χ1) is 11.0. The summed E-state index contributed by atoms with van der Waals surface area (Å²) in [6, 6.07) is 4.92. The standard InChI is InChI=1S/C15H16FN3O4/c16-10-1-3-11(4-2-10)23-9-12(20)19-7-5-15(6-8-19)13(21)17-14(22)18-15/h1-4H,5-9H2,(H2,17,18,21,22). The number of likely N-dealkylation sites (tertiary alicyclic amines) is 1. The number of nitrogens with zero attached hydrogens (tertiary/aromatic N) is 1. The van der Waals surface area contributed by atoms with E-state index in [2.05, 4.69) is 10.6 Å². The van der Waals surface area contributed by atoms with Gasteiger partial charge in [0.1, 0.15) is 17.1 Å². The highest BCUT2D eigenvalue weighted by Gasteiger charge is 2.48. The van der Waals surface area contributed by atoms with Crippen LogP contribution in [0.2, 0.25) is 0 Å². The Balaban J connectivity index is 1.51. The Kier molecular flexibility index (Phi) is 3.89. The Morgan fingerprint density at radius 1 is 1.22 bits per heavy atom. The van der Waals surface area contributed by atoms with E-state index in [4.69, 9.17) is 4.74 Å². The third kappa shape index (κ3) is 3.10. The molecule has 0 bridgehead atoms. The Hall–Kier alpha value is -2.64. The number of rotatable bonds is 3. The molecule has 0 aromatic heterocycles. The normalized spacial score (nSPS) is 19.4. The number of urea groups is 1. The molecule has 2 saturated heterocycles. The summed E-state index contributed by atoms with van der Waals surface area (Å²) >= 11 is 0. The summed E-state index contributed by atoms with van der Waals surface area (Å²) in [5.74, 6) is -0.511. The molecule has 0 aliphatic carbocycles. The first-order valence-electron chi connectivity index (χ1n) is 7.28. The summed E-state index contributed by atoms with van der Waals surface area (Å²) in [6.07, 6.45) is 0.736. The third-order valence-electron chi connectivity index (χ3n) is 4.16. The molecule has 1 aromatic rings. The topological polar surface area (TPSA) is 87.7 Å². The highest BCUT2D eigenvalue weighted by molar-refractivity contribution is 6.07. The number of ether oxygens (including phenoxy) is 1. The van der Waals surface area contributed by atoms with Gasteiger partial charge in [-0.15, -0.1) is 0 Å². The van der Waals surface area contributed by atoms with Gasteiger partial charge in [-0.1, -0.05) is 0 Å². The van der Waals surface area contributed by atoms with Crippen LogP contribution in [0, 0.1) is 5.82 Å². The van der Waals surface area contributed by atoms with Gasteiger partial charge in [0, 0.05) is 13.1 Å². The molecule has 3 rings (SSSR count). The zero-order chi connectivity index (χ0) is 16.4. The quantitative estimate of drug-likeness (QED) is 0.789. The zero-order valence-corrected chi connectivity index (χ0v) is 12.3. The van der Waals surface area contributed by atoms with Crippen molar-refractivity contribution in [1.82, 2.24) is 15.5 Å². The number of imide groups is 1. The molecule has 1 spiro atoms. The minimum absolute atomic E-state index is 0.156. The average molecular weight is 321 g/mol. The van der Waals surface area contributed by atoms with Gasteiger partial charge in [-0.2, -0.15) is 0 Å². The maximum Gasteiger partial charge on any atom is 0.322 e. The lowest BCUT2D eigenvalue weighted by molar-refractivity contribution is -0.137. The summed E-state index contributed by atoms with van der Waals surface area (Å²) in [5.41, 5.74) is -0.897. The fourth-order valence-corrected chi connectivity index (χ4v) is 2.79. The van der Waals surface area contributed by atoms with Crippen molar-refractivity contribution in [2.24, 2.45) is 0 Å². The van der Waals surface area contributed by atoms with E-state index in [9.17, 15) is 18.8 Å². The van der Waals surface area contributed by atoms with Crippen LogP contribution < -0.4 is 15.4 Å². The summed E-state index contributed by atoms with van der Waals surface area (Å²) in [6.45, 7) is 0.565. The highest BCUT2D eigenvalue weighted by atomic mass is 19.1. The van der Waals surface area contributed by atoms with Crippen molar-refractivity contribution in [3.05, 3.63) is 30.1 Å². The number of hydrogen-bond donors (Lipinski definition) is 2. The number of piperidine rings is 1. The molecule has 0 radical (unpaired) electrons. The number of carbonyl (C=O) groups excluding carboxylic acids is 3. The molecule has 4 amide bonds. The van der Waals surface area contributed by atoms with E-state index in [0.29, 0.717) is 31.7 Å². The highest BCUT2D eigenvalue weighted by Crippen LogP contribution is 2.25. The van der Waals surface area contributed by atoms with Gasteiger partial charge in [-0.05, 0) is 37.1 Å². The van der Waals surface area contributed by atoms with Crippen LogP contribution in [0.5, 0.6) is 5.75 Å². The molecule has 2 aliphatic rings. The molecule has 1 aromatic carbocycles. The molecule has 2 aliphatic heterocycles. The molecule has 122 valence electrons. The van der Waals surface area contributed by atoms with Crippen LogP contribution in [0.4, 0.5) is 9.18 Å². The Bertz CT molecular complexity index is 639. The maximum absolute atomic E-state index is 12.8. The van der Waals surface area contributed by atoms with Crippen LogP contribution >= 0.6 is 0 Å². The fraction of sp³-hybridized carbons (Fsp3) is 0.400. The van der Waals surface area contributed by atoms with Gasteiger partial charge in [-0.3, -0.25) is 14.9 Å². The number of benzene rings is 1. The molecule has 2 fully saturated rings. The van der Waals surface area contributed by atoms with E-state index in [0.717, 1.165) is 0 Å². The van der Waals surface area contributed by atoms with Crippen LogP contribution in [0.15, 0.2) is 24.3 Å². The van der Waals surface area contributed by atoms with Gasteiger partial charge in [-0.25, -0.2) is 9.18 Å². The number of carbonyl (C=O) groups is 3. The molecule has 0 saturated carbocycles. The van der Waals surface area contributed by atoms with Crippen molar-refractivity contribution < 1.29 is 23.5 Å². The minimum Gasteiger partial charge on any atom is -0.484 e. The number of amides is 4. The molecular formula is C15H16FN3O4. The summed E-state index contributed by atoms with van der Waals surface area (Å²) < 4.78 is 18.1. The predicted molar refractivity (Wildman–Crippen MR) is 77.1 cm³/mol. The lowest BCUT2D eigenvalue weighted by atomic mass is 9.88. The number of nitrogens with one attached hydrogen (secondary N) is 2. The van der Waals surface area contributed by atoms with Gasteiger partial charge in [0.05, 0.1) is 0 Å². The second-order valence-electron chi connectivity index (χ2n) is 5.61. The van der Waals surface area contributed by atoms with E-state index in [1.807, 2.05) is 0 Å². The third-order valence-corrected chi connectivity index (χ3v) is 4.16. The maximum atomic E-state index is 12.8. The second kappa shape index (κ2) is 5.86. The largest absolute Gasteiger partial charge is 0.484 e. The molecule has 2 N–H and O–H groups in total. The first-order valence-corrected chi connectivity index (χ1v) is 7.28. The Labute approximate surface area is 131 Å². The van der Waals surface area contributed by atoms with Gasteiger partial charge in [0.15, 0.2) is 6.61 Å². The Morgan fingerprint density at radius 3 is 2.43 bits per heavy atom. The van der Waals surface area contributed by atoms with Crippen molar-refractivity contribution in [2.45, 2.75) is 18.4 Å². The van der Waals surface area contributed by atoms with Gasteiger partial charge in [0.2, 0.25) is 0 Å². The molecule has 0 unspecified atom stereocenters. The molecule has 8 heteroatoms. The van der Waals surface area contributed by atoms with E-state index in [1.54, 1.807) is 4.90 Å². The predicted octanol–water partition coefficient (Wildman–Crippen LogP) is 0.405. The van der Waals surface area contributed by atoms with E-state index < -0.39 is 11.6 Å². The lowest BCUT2D eigenvalue weighted by Crippen LogP contribution is -2.56. The lowest BCUT2D eigenvalue weighted by Gasteiger charge is -2.36. The minimum atomic E-state index is -0.897. The first kappa shape index (κ1) is 15.3. The van der Waals surface area contributed by atoms with Crippen LogP contribution in [0.3, 0.4) is 0 Å². The summed E-state index contributed by atoms with van der Waals surface area (Å²) in [4.78, 5) is 36.8. The summed E-state index contributed by atoms with van der Waals surface area (Å²) in [5, 5.41) is 4.86. The average Bonchev–Trinajstić information content (AvgIpc) is 2.81. The van der Waals surface area contributed by atoms with E-state index >= 15 is 0 Å². The second-order valence-corrected chi connectivity index (χ2v) is 5.61. The molecule has 0 atom stereocenters. The smallest absolute Gasteiger partial charge is 0.322 e.